The zero-order valence-corrected chi connectivity index (χ0v) is 14.7. The van der Waals surface area contributed by atoms with Gasteiger partial charge in [-0.05, 0) is 52.4 Å². The molecule has 1 aliphatic carbocycles. The first-order chi connectivity index (χ1) is 11.5. The van der Waals surface area contributed by atoms with Crippen molar-refractivity contribution in [2.75, 3.05) is 0 Å². The first-order valence-corrected chi connectivity index (χ1v) is 8.56. The molecule has 2 heterocycles. The normalized spacial score (nSPS) is 13.4. The highest BCUT2D eigenvalue weighted by Gasteiger charge is 2.17. The summed E-state index contributed by atoms with van der Waals surface area (Å²) in [6, 6.07) is 5.84. The maximum absolute atomic E-state index is 12.6. The lowest BCUT2D eigenvalue weighted by Crippen LogP contribution is -2.24. The van der Waals surface area contributed by atoms with E-state index in [0.717, 1.165) is 19.3 Å². The average molecular weight is 387 g/mol. The summed E-state index contributed by atoms with van der Waals surface area (Å²) >= 11 is 3.28. The van der Waals surface area contributed by atoms with Crippen molar-refractivity contribution < 1.29 is 4.79 Å². The number of aromatic nitrogens is 4. The third-order valence-electron chi connectivity index (χ3n) is 4.50. The van der Waals surface area contributed by atoms with Crippen LogP contribution in [-0.4, -0.2) is 25.1 Å². The zero-order chi connectivity index (χ0) is 16.8. The Bertz CT molecular complexity index is 1030. The molecule has 122 valence electrons. The minimum absolute atomic E-state index is 0.0259. The van der Waals surface area contributed by atoms with E-state index in [1.165, 1.54) is 26.7 Å². The number of halogens is 1. The molecule has 2 aromatic heterocycles. The second kappa shape index (κ2) is 5.66. The van der Waals surface area contributed by atoms with Gasteiger partial charge in [0.05, 0.1) is 6.54 Å². The highest BCUT2D eigenvalue weighted by atomic mass is 79.9. The van der Waals surface area contributed by atoms with Crippen molar-refractivity contribution in [3.63, 3.8) is 0 Å². The van der Waals surface area contributed by atoms with Gasteiger partial charge in [0.25, 0.3) is 5.56 Å². The minimum atomic E-state index is -0.269. The summed E-state index contributed by atoms with van der Waals surface area (Å²) < 4.78 is 3.31. The molecular weight excluding hydrogens is 372 g/mol. The molecule has 0 aliphatic heterocycles. The number of aryl methyl sites for hydroxylation is 3. The number of nitrogens with zero attached hydrogens (tertiary/aromatic N) is 4. The SMILES string of the molecule is Cn1nc(Br)c2c(=O)n(CC(=O)c3ccc4c(c3)CCC4)cnc21. The molecule has 0 bridgehead atoms. The summed E-state index contributed by atoms with van der Waals surface area (Å²) in [7, 11) is 1.72. The summed E-state index contributed by atoms with van der Waals surface area (Å²) in [6.07, 6.45) is 4.65. The Kier molecular flexibility index (Phi) is 3.60. The van der Waals surface area contributed by atoms with Crippen LogP contribution in [0.5, 0.6) is 0 Å². The van der Waals surface area contributed by atoms with Crippen molar-refractivity contribution >= 4 is 32.7 Å². The Labute approximate surface area is 146 Å². The van der Waals surface area contributed by atoms with Gasteiger partial charge in [-0.3, -0.25) is 14.2 Å². The lowest BCUT2D eigenvalue weighted by Gasteiger charge is -2.07. The maximum atomic E-state index is 12.6. The molecule has 0 amide bonds. The van der Waals surface area contributed by atoms with Gasteiger partial charge in [0.15, 0.2) is 11.4 Å². The standard InChI is InChI=1S/C17H15BrN4O2/c1-21-16-14(15(18)20-21)17(24)22(9-19-16)8-13(23)12-6-5-10-3-2-4-11(10)7-12/h5-7,9H,2-4,8H2,1H3. The summed E-state index contributed by atoms with van der Waals surface area (Å²) in [6.45, 7) is -0.0259. The van der Waals surface area contributed by atoms with Gasteiger partial charge in [-0.1, -0.05) is 12.1 Å². The van der Waals surface area contributed by atoms with Gasteiger partial charge in [0.2, 0.25) is 0 Å². The van der Waals surface area contributed by atoms with Gasteiger partial charge in [-0.15, -0.1) is 0 Å². The smallest absolute Gasteiger partial charge is 0.266 e. The first kappa shape index (κ1) is 15.3. The van der Waals surface area contributed by atoms with E-state index in [9.17, 15) is 9.59 Å². The summed E-state index contributed by atoms with van der Waals surface area (Å²) in [4.78, 5) is 29.4. The number of Topliss-reactive ketones (excluding diaryl/α,β-unsaturated/α-hetero) is 1. The zero-order valence-electron chi connectivity index (χ0n) is 13.1. The molecule has 1 aromatic carbocycles. The van der Waals surface area contributed by atoms with E-state index in [1.54, 1.807) is 7.05 Å². The second-order valence-electron chi connectivity index (χ2n) is 6.05. The Hall–Kier alpha value is -2.28. The number of hydrogen-bond donors (Lipinski definition) is 0. The molecule has 0 radical (unpaired) electrons. The van der Waals surface area contributed by atoms with E-state index >= 15 is 0 Å². The molecule has 0 spiro atoms. The third kappa shape index (κ3) is 2.39. The van der Waals surface area contributed by atoms with Gasteiger partial charge < -0.3 is 0 Å². The fourth-order valence-electron chi connectivity index (χ4n) is 3.24. The lowest BCUT2D eigenvalue weighted by molar-refractivity contribution is 0.0970. The van der Waals surface area contributed by atoms with Crippen LogP contribution in [0.15, 0.2) is 33.9 Å². The van der Waals surface area contributed by atoms with Crippen molar-refractivity contribution in [3.8, 4) is 0 Å². The molecular formula is C17H15BrN4O2. The van der Waals surface area contributed by atoms with Gasteiger partial charge >= 0.3 is 0 Å². The van der Waals surface area contributed by atoms with E-state index in [1.807, 2.05) is 18.2 Å². The van der Waals surface area contributed by atoms with Crippen LogP contribution in [0, 0.1) is 0 Å². The highest BCUT2D eigenvalue weighted by molar-refractivity contribution is 9.10. The van der Waals surface area contributed by atoms with Crippen molar-refractivity contribution in [1.82, 2.24) is 19.3 Å². The molecule has 0 N–H and O–H groups in total. The van der Waals surface area contributed by atoms with Crippen LogP contribution in [-0.2, 0) is 26.4 Å². The van der Waals surface area contributed by atoms with E-state index in [4.69, 9.17) is 0 Å². The third-order valence-corrected chi connectivity index (χ3v) is 5.06. The van der Waals surface area contributed by atoms with Crippen molar-refractivity contribution in [2.45, 2.75) is 25.8 Å². The second-order valence-corrected chi connectivity index (χ2v) is 6.80. The Balaban J connectivity index is 1.69. The molecule has 4 rings (SSSR count). The summed E-state index contributed by atoms with van der Waals surface area (Å²) in [5, 5.41) is 4.53. The van der Waals surface area contributed by atoms with E-state index < -0.39 is 0 Å². The predicted octanol–water partition coefficient (Wildman–Crippen LogP) is 2.26. The number of carbonyl (C=O) groups is 1. The van der Waals surface area contributed by atoms with Gasteiger partial charge in [0.1, 0.15) is 16.3 Å². The maximum Gasteiger partial charge on any atom is 0.266 e. The molecule has 0 saturated carbocycles. The molecule has 7 heteroatoms. The highest BCUT2D eigenvalue weighted by Crippen LogP contribution is 2.23. The van der Waals surface area contributed by atoms with E-state index in [2.05, 4.69) is 26.0 Å². The average Bonchev–Trinajstić information content (AvgIpc) is 3.14. The van der Waals surface area contributed by atoms with E-state index in [-0.39, 0.29) is 17.9 Å². The summed E-state index contributed by atoms with van der Waals surface area (Å²) in [5.41, 5.74) is 3.44. The van der Waals surface area contributed by atoms with Crippen LogP contribution in [0.2, 0.25) is 0 Å². The fraction of sp³-hybridized carbons (Fsp3) is 0.294. The topological polar surface area (TPSA) is 69.8 Å². The monoisotopic (exact) mass is 386 g/mol. The molecule has 0 unspecified atom stereocenters. The van der Waals surface area contributed by atoms with Crippen molar-refractivity contribution in [2.24, 2.45) is 7.05 Å². The number of rotatable bonds is 3. The van der Waals surface area contributed by atoms with Crippen LogP contribution in [0.3, 0.4) is 0 Å². The number of fused-ring (bicyclic) bond motifs is 2. The largest absolute Gasteiger partial charge is 0.292 e. The molecule has 3 aromatic rings. The molecule has 0 fully saturated rings. The number of carbonyl (C=O) groups excluding carboxylic acids is 1. The van der Waals surface area contributed by atoms with Crippen LogP contribution in [0.4, 0.5) is 0 Å². The van der Waals surface area contributed by atoms with Crippen LogP contribution in [0.25, 0.3) is 11.0 Å². The predicted molar refractivity (Wildman–Crippen MR) is 93.3 cm³/mol. The fourth-order valence-corrected chi connectivity index (χ4v) is 3.82. The van der Waals surface area contributed by atoms with Crippen molar-refractivity contribution in [1.29, 1.82) is 0 Å². The molecule has 0 saturated heterocycles. The first-order valence-electron chi connectivity index (χ1n) is 7.77. The van der Waals surface area contributed by atoms with Crippen LogP contribution < -0.4 is 5.56 Å². The van der Waals surface area contributed by atoms with Crippen LogP contribution >= 0.6 is 15.9 Å². The number of ketones is 1. The van der Waals surface area contributed by atoms with Gasteiger partial charge in [0, 0.05) is 12.6 Å². The Morgan fingerprint density at radius 3 is 2.92 bits per heavy atom. The minimum Gasteiger partial charge on any atom is -0.292 e. The Morgan fingerprint density at radius 1 is 1.29 bits per heavy atom. The molecule has 6 nitrogen and oxygen atoms in total. The van der Waals surface area contributed by atoms with Crippen molar-refractivity contribution in [3.05, 3.63) is 56.2 Å². The summed E-state index contributed by atoms with van der Waals surface area (Å²) in [5.74, 6) is -0.0898. The number of benzene rings is 1. The van der Waals surface area contributed by atoms with Gasteiger partial charge in [-0.2, -0.15) is 5.10 Å². The molecule has 24 heavy (non-hydrogen) atoms. The van der Waals surface area contributed by atoms with Gasteiger partial charge in [-0.25, -0.2) is 9.67 Å². The lowest BCUT2D eigenvalue weighted by atomic mass is 10.0. The van der Waals surface area contributed by atoms with E-state index in [0.29, 0.717) is 21.2 Å². The number of hydrogen-bond acceptors (Lipinski definition) is 4. The Morgan fingerprint density at radius 2 is 2.08 bits per heavy atom. The molecule has 1 aliphatic rings. The quantitative estimate of drug-likeness (QED) is 0.647. The molecule has 0 atom stereocenters. The van der Waals surface area contributed by atoms with Crippen LogP contribution in [0.1, 0.15) is 27.9 Å².